The first kappa shape index (κ1) is 12.2. The van der Waals surface area contributed by atoms with Crippen LogP contribution in [0.4, 0.5) is 0 Å². The number of fused-ring (bicyclic) bond motifs is 5. The highest BCUT2D eigenvalue weighted by molar-refractivity contribution is 5.68. The molecule has 2 aliphatic carbocycles. The summed E-state index contributed by atoms with van der Waals surface area (Å²) in [6, 6.07) is 8.06. The van der Waals surface area contributed by atoms with E-state index in [-0.39, 0.29) is 36.0 Å². The predicted molar refractivity (Wildman–Crippen MR) is 67.6 cm³/mol. The Balaban J connectivity index is 1.95. The number of hydrogen-bond acceptors (Lipinski definition) is 4. The molecule has 0 N–H and O–H groups in total. The third-order valence-corrected chi connectivity index (χ3v) is 4.01. The zero-order valence-electron chi connectivity index (χ0n) is 11.0. The molecule has 1 aromatic rings. The Bertz CT molecular complexity index is 537. The maximum absolute atomic E-state index is 11.3. The fourth-order valence-electron chi connectivity index (χ4n) is 3.51. The molecule has 0 saturated heterocycles. The maximum atomic E-state index is 11.3. The molecule has 0 spiro atoms. The Morgan fingerprint density at radius 2 is 1.68 bits per heavy atom. The summed E-state index contributed by atoms with van der Waals surface area (Å²) >= 11 is 0. The van der Waals surface area contributed by atoms with Crippen molar-refractivity contribution in [2.75, 3.05) is 0 Å². The number of rotatable bonds is 2. The third-order valence-electron chi connectivity index (χ3n) is 4.01. The molecular weight excluding hydrogens is 244 g/mol. The number of esters is 2. The van der Waals surface area contributed by atoms with Crippen molar-refractivity contribution < 1.29 is 19.1 Å². The zero-order chi connectivity index (χ0) is 13.6. The summed E-state index contributed by atoms with van der Waals surface area (Å²) in [4.78, 5) is 22.5. The number of carbonyl (C=O) groups excluding carboxylic acids is 2. The summed E-state index contributed by atoms with van der Waals surface area (Å²) in [6.07, 6.45) is 0.361. The van der Waals surface area contributed by atoms with Crippen molar-refractivity contribution in [1.29, 1.82) is 0 Å². The number of benzene rings is 1. The van der Waals surface area contributed by atoms with Crippen LogP contribution in [0.2, 0.25) is 0 Å². The van der Waals surface area contributed by atoms with Gasteiger partial charge in [-0.15, -0.1) is 0 Å². The van der Waals surface area contributed by atoms with Crippen LogP contribution >= 0.6 is 0 Å². The lowest BCUT2D eigenvalue weighted by Gasteiger charge is -2.23. The first-order valence-corrected chi connectivity index (χ1v) is 6.51. The van der Waals surface area contributed by atoms with E-state index < -0.39 is 0 Å². The van der Waals surface area contributed by atoms with Gasteiger partial charge in [-0.05, 0) is 17.5 Å². The lowest BCUT2D eigenvalue weighted by Crippen LogP contribution is -2.26. The fraction of sp³-hybridized carbons (Fsp3) is 0.467. The van der Waals surface area contributed by atoms with Gasteiger partial charge in [0, 0.05) is 19.8 Å². The van der Waals surface area contributed by atoms with Gasteiger partial charge in [-0.3, -0.25) is 9.59 Å². The summed E-state index contributed by atoms with van der Waals surface area (Å²) < 4.78 is 10.8. The van der Waals surface area contributed by atoms with Gasteiger partial charge in [0.1, 0.15) is 12.2 Å². The molecule has 1 fully saturated rings. The molecule has 0 aliphatic heterocycles. The van der Waals surface area contributed by atoms with Crippen molar-refractivity contribution in [2.24, 2.45) is 0 Å². The van der Waals surface area contributed by atoms with Crippen LogP contribution in [0.3, 0.4) is 0 Å². The first-order chi connectivity index (χ1) is 9.08. The zero-order valence-corrected chi connectivity index (χ0v) is 11.0. The van der Waals surface area contributed by atoms with E-state index >= 15 is 0 Å². The Kier molecular flexibility index (Phi) is 2.81. The topological polar surface area (TPSA) is 52.6 Å². The van der Waals surface area contributed by atoms with E-state index in [9.17, 15) is 9.59 Å². The van der Waals surface area contributed by atoms with Crippen LogP contribution in [0, 0.1) is 0 Å². The van der Waals surface area contributed by atoms with Crippen molar-refractivity contribution in [3.05, 3.63) is 35.4 Å². The molecular formula is C15H16O4. The molecule has 0 radical (unpaired) electrons. The van der Waals surface area contributed by atoms with Crippen LogP contribution in [-0.2, 0) is 19.1 Å². The van der Waals surface area contributed by atoms with Crippen LogP contribution in [0.5, 0.6) is 0 Å². The molecule has 3 rings (SSSR count). The average Bonchev–Trinajstić information content (AvgIpc) is 2.80. The second-order valence-corrected chi connectivity index (χ2v) is 5.22. The number of hydrogen-bond donors (Lipinski definition) is 0. The van der Waals surface area contributed by atoms with E-state index in [0.29, 0.717) is 0 Å². The van der Waals surface area contributed by atoms with Crippen LogP contribution < -0.4 is 0 Å². The van der Waals surface area contributed by atoms with E-state index in [1.165, 1.54) is 19.4 Å². The Hall–Kier alpha value is -1.84. The highest BCUT2D eigenvalue weighted by atomic mass is 16.6. The van der Waals surface area contributed by atoms with Crippen LogP contribution in [0.25, 0.3) is 0 Å². The molecule has 0 heterocycles. The van der Waals surface area contributed by atoms with Crippen molar-refractivity contribution in [3.8, 4) is 0 Å². The van der Waals surface area contributed by atoms with Crippen LogP contribution in [0.15, 0.2) is 24.3 Å². The molecule has 0 aromatic heterocycles. The maximum Gasteiger partial charge on any atom is 0.302 e. The van der Waals surface area contributed by atoms with Gasteiger partial charge in [0.05, 0.1) is 5.92 Å². The van der Waals surface area contributed by atoms with Gasteiger partial charge in [0.2, 0.25) is 0 Å². The lowest BCUT2D eigenvalue weighted by atomic mass is 9.90. The van der Waals surface area contributed by atoms with E-state index in [0.717, 1.165) is 12.0 Å². The summed E-state index contributed by atoms with van der Waals surface area (Å²) in [6.45, 7) is 2.84. The molecule has 0 amide bonds. The summed E-state index contributed by atoms with van der Waals surface area (Å²) in [5, 5.41) is 0. The minimum Gasteiger partial charge on any atom is -0.462 e. The molecule has 1 saturated carbocycles. The molecule has 4 nitrogen and oxygen atoms in total. The van der Waals surface area contributed by atoms with Gasteiger partial charge in [0.15, 0.2) is 0 Å². The minimum absolute atomic E-state index is 0.0194. The van der Waals surface area contributed by atoms with E-state index in [1.54, 1.807) is 0 Å². The number of carbonyl (C=O) groups is 2. The normalized spacial score (nSPS) is 30.8. The quantitative estimate of drug-likeness (QED) is 0.764. The smallest absolute Gasteiger partial charge is 0.302 e. The Morgan fingerprint density at radius 3 is 2.32 bits per heavy atom. The molecule has 2 aliphatic rings. The third kappa shape index (κ3) is 1.91. The number of ether oxygens (including phenoxy) is 2. The SMILES string of the molecule is CC(=O)O[C@H]1[C@@H]2c3ccccc3[C@H]1C[C@@H]2OC(C)=O. The van der Waals surface area contributed by atoms with E-state index in [2.05, 4.69) is 6.07 Å². The monoisotopic (exact) mass is 260 g/mol. The molecule has 19 heavy (non-hydrogen) atoms. The van der Waals surface area contributed by atoms with E-state index in [4.69, 9.17) is 9.47 Å². The van der Waals surface area contributed by atoms with Crippen molar-refractivity contribution in [2.45, 2.75) is 44.3 Å². The van der Waals surface area contributed by atoms with Gasteiger partial charge in [-0.2, -0.15) is 0 Å². The summed E-state index contributed by atoms with van der Waals surface area (Å²) in [7, 11) is 0. The van der Waals surface area contributed by atoms with Crippen LogP contribution in [0.1, 0.15) is 43.2 Å². The first-order valence-electron chi connectivity index (χ1n) is 6.51. The van der Waals surface area contributed by atoms with Crippen molar-refractivity contribution >= 4 is 11.9 Å². The second kappa shape index (κ2) is 4.37. The van der Waals surface area contributed by atoms with Gasteiger partial charge >= 0.3 is 11.9 Å². The molecule has 4 heteroatoms. The van der Waals surface area contributed by atoms with E-state index in [1.807, 2.05) is 18.2 Å². The van der Waals surface area contributed by atoms with Gasteiger partial charge in [-0.1, -0.05) is 24.3 Å². The molecule has 2 bridgehead atoms. The minimum atomic E-state index is -0.281. The molecule has 1 aromatic carbocycles. The Morgan fingerprint density at radius 1 is 1.05 bits per heavy atom. The summed E-state index contributed by atoms with van der Waals surface area (Å²) in [5.41, 5.74) is 2.37. The molecule has 4 atom stereocenters. The van der Waals surface area contributed by atoms with Crippen LogP contribution in [-0.4, -0.2) is 24.1 Å². The molecule has 0 unspecified atom stereocenters. The highest BCUT2D eigenvalue weighted by Gasteiger charge is 2.54. The lowest BCUT2D eigenvalue weighted by molar-refractivity contribution is -0.149. The molecule has 100 valence electrons. The fourth-order valence-corrected chi connectivity index (χ4v) is 3.51. The predicted octanol–water partition coefficient (Wildman–Crippen LogP) is 2.13. The van der Waals surface area contributed by atoms with Crippen molar-refractivity contribution in [3.63, 3.8) is 0 Å². The second-order valence-electron chi connectivity index (χ2n) is 5.22. The largest absolute Gasteiger partial charge is 0.462 e. The van der Waals surface area contributed by atoms with Gasteiger partial charge < -0.3 is 9.47 Å². The summed E-state index contributed by atoms with van der Waals surface area (Å²) in [5.74, 6) is -0.434. The van der Waals surface area contributed by atoms with Gasteiger partial charge in [-0.25, -0.2) is 0 Å². The average molecular weight is 260 g/mol. The van der Waals surface area contributed by atoms with Gasteiger partial charge in [0.25, 0.3) is 0 Å². The standard InChI is InChI=1S/C15H16O4/c1-8(16)18-13-7-12-10-5-3-4-6-11(10)14(13)15(12)19-9(2)17/h3-6,12-15H,7H2,1-2H3/t12-,13+,14-,15-/m1/s1. The Labute approximate surface area is 111 Å². The highest BCUT2D eigenvalue weighted by Crippen LogP contribution is 2.55. The van der Waals surface area contributed by atoms with Crippen molar-refractivity contribution in [1.82, 2.24) is 0 Å².